The first kappa shape index (κ1) is 11.5. The van der Waals surface area contributed by atoms with Gasteiger partial charge in [-0.15, -0.1) is 0 Å². The van der Waals surface area contributed by atoms with Crippen molar-refractivity contribution in [1.29, 1.82) is 0 Å². The van der Waals surface area contributed by atoms with Crippen LogP contribution in [0.15, 0.2) is 0 Å². The Balaban J connectivity index is 3.11. The molecule has 0 N–H and O–H groups in total. The zero-order chi connectivity index (χ0) is 11.4. The van der Waals surface area contributed by atoms with Crippen molar-refractivity contribution in [3.8, 4) is 0 Å². The quantitative estimate of drug-likeness (QED) is 0.409. The van der Waals surface area contributed by atoms with Crippen molar-refractivity contribution in [3.05, 3.63) is 0 Å². The molecular formula is C5H3F7O2. The van der Waals surface area contributed by atoms with Gasteiger partial charge in [0.25, 0.3) is 0 Å². The summed E-state index contributed by atoms with van der Waals surface area (Å²) in [5, 5.41) is 0. The maximum absolute atomic E-state index is 12.6. The second-order valence-corrected chi connectivity index (χ2v) is 2.57. The van der Waals surface area contributed by atoms with E-state index >= 15 is 0 Å². The third-order valence-corrected chi connectivity index (χ3v) is 1.79. The van der Waals surface area contributed by atoms with Gasteiger partial charge in [-0.25, -0.2) is 4.89 Å². The minimum Gasteiger partial charge on any atom is -0.236 e. The summed E-state index contributed by atoms with van der Waals surface area (Å²) < 4.78 is 85.7. The highest BCUT2D eigenvalue weighted by Crippen LogP contribution is 2.68. The topological polar surface area (TPSA) is 18.5 Å². The fourth-order valence-electron chi connectivity index (χ4n) is 0.955. The lowest BCUT2D eigenvalue weighted by molar-refractivity contribution is -0.585. The van der Waals surface area contributed by atoms with Crippen LogP contribution in [-0.2, 0) is 9.78 Å². The number of rotatable bonds is 2. The molecule has 1 fully saturated rings. The lowest BCUT2D eigenvalue weighted by Crippen LogP contribution is -2.85. The van der Waals surface area contributed by atoms with Gasteiger partial charge in [0.05, 0.1) is 7.11 Å². The molecule has 1 aliphatic carbocycles. The molecule has 0 aromatic rings. The fourth-order valence-corrected chi connectivity index (χ4v) is 0.955. The standard InChI is InChI=1S/C5H3F7O2/c1-13-14-5(12)3(8,9)2(6,7)4(5,10)11/h1H3. The van der Waals surface area contributed by atoms with E-state index in [1.165, 1.54) is 0 Å². The van der Waals surface area contributed by atoms with Crippen LogP contribution in [-0.4, -0.2) is 30.7 Å². The average Bonchev–Trinajstić information content (AvgIpc) is 2.02. The Bertz CT molecular complexity index is 232. The van der Waals surface area contributed by atoms with Gasteiger partial charge in [-0.05, 0) is 0 Å². The molecule has 0 atom stereocenters. The molecule has 0 amide bonds. The molecule has 0 radical (unpaired) electrons. The lowest BCUT2D eigenvalue weighted by atomic mass is 9.78. The minimum atomic E-state index is -5.80. The normalized spacial score (nSPS) is 30.9. The third kappa shape index (κ3) is 0.800. The first-order valence-electron chi connectivity index (χ1n) is 3.10. The third-order valence-electron chi connectivity index (χ3n) is 1.79. The zero-order valence-corrected chi connectivity index (χ0v) is 6.46. The van der Waals surface area contributed by atoms with Gasteiger partial charge in [0.15, 0.2) is 0 Å². The molecule has 9 heteroatoms. The first-order valence-corrected chi connectivity index (χ1v) is 3.10. The van der Waals surface area contributed by atoms with Crippen molar-refractivity contribution in [3.63, 3.8) is 0 Å². The van der Waals surface area contributed by atoms with E-state index in [-0.39, 0.29) is 0 Å². The van der Waals surface area contributed by atoms with Gasteiger partial charge in [-0.3, -0.25) is 0 Å². The SMILES string of the molecule is COOC1(F)C(F)(F)C(F)(F)C1(F)F. The average molecular weight is 228 g/mol. The van der Waals surface area contributed by atoms with Gasteiger partial charge in [-0.1, -0.05) is 0 Å². The Kier molecular flexibility index (Phi) is 2.06. The molecule has 0 aromatic heterocycles. The van der Waals surface area contributed by atoms with Crippen molar-refractivity contribution in [2.24, 2.45) is 0 Å². The summed E-state index contributed by atoms with van der Waals surface area (Å²) in [7, 11) is 0.434. The van der Waals surface area contributed by atoms with Crippen LogP contribution in [0.25, 0.3) is 0 Å². The second kappa shape index (κ2) is 2.51. The maximum atomic E-state index is 12.6. The largest absolute Gasteiger partial charge is 0.384 e. The van der Waals surface area contributed by atoms with E-state index in [9.17, 15) is 30.7 Å². The molecule has 0 heterocycles. The molecule has 1 rings (SSSR count). The highest BCUT2D eigenvalue weighted by Gasteiger charge is 3.02. The Morgan fingerprint density at radius 2 is 1.07 bits per heavy atom. The van der Waals surface area contributed by atoms with E-state index in [0.29, 0.717) is 7.11 Å². The molecule has 0 aliphatic heterocycles. The summed E-state index contributed by atoms with van der Waals surface area (Å²) in [6, 6.07) is 0. The van der Waals surface area contributed by atoms with Crippen molar-refractivity contribution in [1.82, 2.24) is 0 Å². The van der Waals surface area contributed by atoms with Crippen LogP contribution in [0.2, 0.25) is 0 Å². The van der Waals surface area contributed by atoms with Crippen LogP contribution in [0, 0.1) is 0 Å². The molecule has 0 aromatic carbocycles. The summed E-state index contributed by atoms with van der Waals surface area (Å²) >= 11 is 0. The Labute approximate surface area is 72.5 Å². The summed E-state index contributed by atoms with van der Waals surface area (Å²) in [4.78, 5) is 6.13. The molecule has 84 valence electrons. The Morgan fingerprint density at radius 1 is 0.714 bits per heavy atom. The van der Waals surface area contributed by atoms with Gasteiger partial charge in [0.2, 0.25) is 0 Å². The van der Waals surface area contributed by atoms with Gasteiger partial charge in [0.1, 0.15) is 0 Å². The van der Waals surface area contributed by atoms with Crippen molar-refractivity contribution in [2.75, 3.05) is 7.11 Å². The molecule has 0 bridgehead atoms. The van der Waals surface area contributed by atoms with E-state index in [4.69, 9.17) is 0 Å². The van der Waals surface area contributed by atoms with Crippen LogP contribution in [0.1, 0.15) is 0 Å². The van der Waals surface area contributed by atoms with Gasteiger partial charge in [-0.2, -0.15) is 35.6 Å². The highest BCUT2D eigenvalue weighted by molar-refractivity contribution is 5.23. The van der Waals surface area contributed by atoms with Crippen LogP contribution >= 0.6 is 0 Å². The van der Waals surface area contributed by atoms with Crippen molar-refractivity contribution < 1.29 is 40.5 Å². The zero-order valence-electron chi connectivity index (χ0n) is 6.46. The predicted octanol–water partition coefficient (Wildman–Crippen LogP) is 2.15. The molecule has 2 nitrogen and oxygen atoms in total. The summed E-state index contributed by atoms with van der Waals surface area (Å²) in [6.07, 6.45) is 0. The summed E-state index contributed by atoms with van der Waals surface area (Å²) in [5.41, 5.74) is 0. The lowest BCUT2D eigenvalue weighted by Gasteiger charge is -2.51. The van der Waals surface area contributed by atoms with Crippen LogP contribution in [0.4, 0.5) is 30.7 Å². The van der Waals surface area contributed by atoms with Gasteiger partial charge >= 0.3 is 23.6 Å². The molecule has 1 aliphatic rings. The first-order chi connectivity index (χ1) is 6.06. The summed E-state index contributed by atoms with van der Waals surface area (Å²) in [5.74, 6) is -22.2. The molecule has 1 saturated carbocycles. The molecular weight excluding hydrogens is 225 g/mol. The van der Waals surface area contributed by atoms with Gasteiger partial charge < -0.3 is 0 Å². The number of halogens is 7. The minimum absolute atomic E-state index is 0.434. The van der Waals surface area contributed by atoms with E-state index in [0.717, 1.165) is 0 Å². The van der Waals surface area contributed by atoms with Crippen molar-refractivity contribution >= 4 is 0 Å². The van der Waals surface area contributed by atoms with Crippen molar-refractivity contribution in [2.45, 2.75) is 23.6 Å². The number of alkyl halides is 7. The second-order valence-electron chi connectivity index (χ2n) is 2.57. The smallest absolute Gasteiger partial charge is 0.236 e. The van der Waals surface area contributed by atoms with Gasteiger partial charge in [0, 0.05) is 0 Å². The number of hydrogen-bond acceptors (Lipinski definition) is 2. The predicted molar refractivity (Wildman–Crippen MR) is 26.8 cm³/mol. The summed E-state index contributed by atoms with van der Waals surface area (Å²) in [6.45, 7) is 0. The molecule has 14 heavy (non-hydrogen) atoms. The monoisotopic (exact) mass is 228 g/mol. The molecule has 0 spiro atoms. The maximum Gasteiger partial charge on any atom is 0.384 e. The highest BCUT2D eigenvalue weighted by atomic mass is 19.4. The fraction of sp³-hybridized carbons (Fsp3) is 1.00. The van der Waals surface area contributed by atoms with E-state index in [1.807, 2.05) is 0 Å². The molecule has 0 saturated heterocycles. The number of hydrogen-bond donors (Lipinski definition) is 0. The Hall–Kier alpha value is -0.570. The van der Waals surface area contributed by atoms with E-state index in [2.05, 4.69) is 9.78 Å². The molecule has 0 unspecified atom stereocenters. The van der Waals surface area contributed by atoms with E-state index in [1.54, 1.807) is 0 Å². The van der Waals surface area contributed by atoms with Crippen LogP contribution < -0.4 is 0 Å². The Morgan fingerprint density at radius 3 is 1.36 bits per heavy atom. The van der Waals surface area contributed by atoms with Crippen LogP contribution in [0.3, 0.4) is 0 Å². The van der Waals surface area contributed by atoms with Crippen LogP contribution in [0.5, 0.6) is 0 Å². The van der Waals surface area contributed by atoms with E-state index < -0.39 is 23.6 Å².